The van der Waals surface area contributed by atoms with Crippen LogP contribution in [0.25, 0.3) is 33.4 Å². The Morgan fingerprint density at radius 2 is 1.89 bits per heavy atom. The van der Waals surface area contributed by atoms with E-state index in [1.54, 1.807) is 12.1 Å². The minimum absolute atomic E-state index is 0.0893. The van der Waals surface area contributed by atoms with Crippen molar-refractivity contribution in [1.29, 1.82) is 0 Å². The second kappa shape index (κ2) is 16.7. The Labute approximate surface area is 329 Å². The number of amides is 1. The summed E-state index contributed by atoms with van der Waals surface area (Å²) in [6, 6.07) is 9.02. The highest BCUT2D eigenvalue weighted by atomic mass is 32.1. The molecule has 12 nitrogen and oxygen atoms in total. The van der Waals surface area contributed by atoms with Crippen LogP contribution in [-0.4, -0.2) is 101 Å². The number of piperazine rings is 1. The molecule has 1 amide bonds. The maximum atomic E-state index is 13.0. The summed E-state index contributed by atoms with van der Waals surface area (Å²) in [5, 5.41) is 5.68. The number of hydrogen-bond donors (Lipinski definition) is 2. The van der Waals surface area contributed by atoms with Crippen molar-refractivity contribution in [3.05, 3.63) is 52.1 Å². The van der Waals surface area contributed by atoms with E-state index in [-0.39, 0.29) is 23.4 Å². The van der Waals surface area contributed by atoms with Crippen LogP contribution in [-0.2, 0) is 38.4 Å². The quantitative estimate of drug-likeness (QED) is 0.148. The molecule has 1 saturated carbocycles. The van der Waals surface area contributed by atoms with Gasteiger partial charge in [0.15, 0.2) is 0 Å². The molecular weight excluding hydrogens is 713 g/mol. The lowest BCUT2D eigenvalue weighted by molar-refractivity contribution is -0.144. The highest BCUT2D eigenvalue weighted by Crippen LogP contribution is 2.43. The van der Waals surface area contributed by atoms with Crippen molar-refractivity contribution in [2.75, 3.05) is 57.9 Å². The summed E-state index contributed by atoms with van der Waals surface area (Å²) in [5.74, 6) is -0.372. The van der Waals surface area contributed by atoms with Gasteiger partial charge >= 0.3 is 5.97 Å². The van der Waals surface area contributed by atoms with E-state index in [0.717, 1.165) is 108 Å². The van der Waals surface area contributed by atoms with E-state index < -0.39 is 6.04 Å². The number of thiazole rings is 1. The van der Waals surface area contributed by atoms with Crippen molar-refractivity contribution in [2.45, 2.75) is 97.9 Å². The van der Waals surface area contributed by atoms with Crippen LogP contribution in [0.3, 0.4) is 0 Å². The van der Waals surface area contributed by atoms with Gasteiger partial charge < -0.3 is 24.7 Å². The lowest BCUT2D eigenvalue weighted by Crippen LogP contribution is -2.53. The number of nitrogens with zero attached hydrogens (tertiary/aromatic N) is 6. The molecule has 1 aromatic carbocycles. The second-order valence-corrected chi connectivity index (χ2v) is 17.2. The third kappa shape index (κ3) is 8.76. The minimum Gasteiger partial charge on any atom is -0.465 e. The molecule has 2 atom stereocenters. The minimum atomic E-state index is -0.658. The van der Waals surface area contributed by atoms with Gasteiger partial charge in [0, 0.05) is 105 Å². The summed E-state index contributed by atoms with van der Waals surface area (Å²) in [4.78, 5) is 40.3. The Morgan fingerprint density at radius 1 is 1.11 bits per heavy atom. The Kier molecular flexibility index (Phi) is 11.9. The number of pyridine rings is 1. The van der Waals surface area contributed by atoms with Crippen molar-refractivity contribution < 1.29 is 19.1 Å². The number of fused-ring (bicyclic) bond motifs is 1. The van der Waals surface area contributed by atoms with Crippen molar-refractivity contribution in [3.8, 4) is 22.5 Å². The number of aromatic nitrogens is 3. The molecule has 1 aliphatic carbocycles. The van der Waals surface area contributed by atoms with E-state index in [9.17, 15) is 9.59 Å². The first-order valence-electron chi connectivity index (χ1n) is 20.0. The average Bonchev–Trinajstić information content (AvgIpc) is 3.88. The zero-order valence-electron chi connectivity index (χ0n) is 33.4. The van der Waals surface area contributed by atoms with Crippen molar-refractivity contribution in [2.24, 2.45) is 11.1 Å². The smallest absolute Gasteiger partial charge is 0.302 e. The van der Waals surface area contributed by atoms with Crippen LogP contribution in [0.2, 0.25) is 0 Å². The van der Waals surface area contributed by atoms with Crippen LogP contribution in [0, 0.1) is 5.41 Å². The zero-order valence-corrected chi connectivity index (χ0v) is 34.2. The van der Waals surface area contributed by atoms with E-state index in [1.807, 2.05) is 6.20 Å². The average molecular weight is 771 g/mol. The predicted molar refractivity (Wildman–Crippen MR) is 219 cm³/mol. The number of methoxy groups -OCH3 is 1. The number of aryl methyl sites for hydroxylation is 1. The number of carbonyl (C=O) groups excluding carboxylic acids is 2. The fourth-order valence-corrected chi connectivity index (χ4v) is 9.02. The predicted octanol–water partition coefficient (Wildman–Crippen LogP) is 5.97. The molecule has 7 rings (SSSR count). The lowest BCUT2D eigenvalue weighted by atomic mass is 9.84. The molecule has 4 aromatic rings. The number of esters is 1. The lowest BCUT2D eigenvalue weighted by Gasteiger charge is -2.36. The number of hydrogen-bond acceptors (Lipinski definition) is 11. The van der Waals surface area contributed by atoms with E-state index in [0.29, 0.717) is 26.0 Å². The third-order valence-corrected chi connectivity index (χ3v) is 12.3. The van der Waals surface area contributed by atoms with Gasteiger partial charge in [0.25, 0.3) is 5.91 Å². The number of carbonyl (C=O) groups is 2. The van der Waals surface area contributed by atoms with E-state index in [2.05, 4.69) is 77.1 Å². The third-order valence-electron chi connectivity index (χ3n) is 11.4. The van der Waals surface area contributed by atoms with Gasteiger partial charge in [0.05, 0.1) is 52.7 Å². The summed E-state index contributed by atoms with van der Waals surface area (Å²) >= 11 is 1.54. The molecule has 55 heavy (non-hydrogen) atoms. The van der Waals surface area contributed by atoms with Crippen LogP contribution in [0.4, 0.5) is 5.69 Å². The second-order valence-electron chi connectivity index (χ2n) is 16.2. The molecule has 13 heteroatoms. The number of rotatable bonds is 14. The number of nitrogens with two attached hydrogens (primary N) is 1. The number of benzene rings is 1. The van der Waals surface area contributed by atoms with Crippen molar-refractivity contribution >= 4 is 39.8 Å². The van der Waals surface area contributed by atoms with E-state index in [4.69, 9.17) is 25.2 Å². The Morgan fingerprint density at radius 3 is 2.56 bits per heavy atom. The molecule has 3 N–H and O–H groups in total. The van der Waals surface area contributed by atoms with Gasteiger partial charge in [-0.1, -0.05) is 19.9 Å². The number of nitrogens with one attached hydrogen (secondary N) is 1. The number of ether oxygens (including phenoxy) is 2. The first-order valence-corrected chi connectivity index (χ1v) is 20.9. The monoisotopic (exact) mass is 770 g/mol. The van der Waals surface area contributed by atoms with E-state index in [1.165, 1.54) is 36.7 Å². The molecule has 2 unspecified atom stereocenters. The normalized spacial score (nSPS) is 18.2. The van der Waals surface area contributed by atoms with Crippen molar-refractivity contribution in [3.63, 3.8) is 0 Å². The molecule has 3 aliphatic rings. The molecule has 0 spiro atoms. The highest BCUT2D eigenvalue weighted by Gasteiger charge is 2.33. The molecule has 3 aromatic heterocycles. The first-order chi connectivity index (χ1) is 26.5. The summed E-state index contributed by atoms with van der Waals surface area (Å²) in [7, 11) is 1.74. The topological polar surface area (TPSA) is 131 Å². The largest absolute Gasteiger partial charge is 0.465 e. The maximum absolute atomic E-state index is 13.0. The van der Waals surface area contributed by atoms with Gasteiger partial charge in [-0.25, -0.2) is 10.4 Å². The molecule has 0 radical (unpaired) electrons. The summed E-state index contributed by atoms with van der Waals surface area (Å²) in [6.45, 7) is 16.6. The summed E-state index contributed by atoms with van der Waals surface area (Å²) in [6.07, 6.45) is 7.52. The van der Waals surface area contributed by atoms with Crippen LogP contribution in [0.5, 0.6) is 0 Å². The Bertz CT molecular complexity index is 1990. The van der Waals surface area contributed by atoms with Gasteiger partial charge in [-0.15, -0.1) is 11.3 Å². The van der Waals surface area contributed by atoms with Crippen molar-refractivity contribution in [1.82, 2.24) is 29.9 Å². The van der Waals surface area contributed by atoms with E-state index >= 15 is 0 Å². The van der Waals surface area contributed by atoms with Gasteiger partial charge in [-0.3, -0.25) is 24.5 Å². The van der Waals surface area contributed by atoms with Gasteiger partial charge in [0.1, 0.15) is 0 Å². The molecule has 2 saturated heterocycles. The standard InChI is InChI=1S/C42H58N8O4S/c1-7-49-37-13-10-29(36-25-55-38(46-36)22-35(43)41(52)50-15-9-8-14-45-50)20-32(37)34(23-42(4,5)26-54-28(3)51)40(49)33-21-31(24-44-39(33)27(2)53-6)48-18-16-47(17-19-48)30-11-12-30/h10,13,20-21,24-25,27,30,35,45H,7-9,11-12,14-19,22-23,26,43H2,1-6H3. The summed E-state index contributed by atoms with van der Waals surface area (Å²) < 4.78 is 14.0. The van der Waals surface area contributed by atoms with Gasteiger partial charge in [-0.2, -0.15) is 0 Å². The Balaban J connectivity index is 1.29. The highest BCUT2D eigenvalue weighted by molar-refractivity contribution is 7.10. The van der Waals surface area contributed by atoms with Crippen LogP contribution in [0.15, 0.2) is 35.8 Å². The fourth-order valence-electron chi connectivity index (χ4n) is 8.16. The van der Waals surface area contributed by atoms with Gasteiger partial charge in [0.2, 0.25) is 0 Å². The molecular formula is C42H58N8O4S. The molecule has 2 aliphatic heterocycles. The van der Waals surface area contributed by atoms with Crippen LogP contribution >= 0.6 is 11.3 Å². The molecule has 5 heterocycles. The van der Waals surface area contributed by atoms with Crippen LogP contribution < -0.4 is 16.1 Å². The molecule has 0 bridgehead atoms. The Hall–Kier alpha value is -3.88. The molecule has 3 fully saturated rings. The fraction of sp³-hybridized carbons (Fsp3) is 0.571. The number of hydrazine groups is 1. The number of anilines is 1. The maximum Gasteiger partial charge on any atom is 0.302 e. The van der Waals surface area contributed by atoms with Gasteiger partial charge in [-0.05, 0) is 69.7 Å². The molecule has 296 valence electrons. The summed E-state index contributed by atoms with van der Waals surface area (Å²) in [5.41, 5.74) is 17.6. The SMILES string of the molecule is CCn1c(-c2cc(N3CCN(C4CC4)CC3)cnc2C(C)OC)c(CC(C)(C)COC(C)=O)c2cc(-c3csc(CC(N)C(=O)N4CCCCN4)n3)ccc21. The zero-order chi connectivity index (χ0) is 38.9. The first kappa shape index (κ1) is 39.4. The van der Waals surface area contributed by atoms with Crippen LogP contribution in [0.1, 0.15) is 82.7 Å².